The lowest BCUT2D eigenvalue weighted by Crippen LogP contribution is -1.88. The van der Waals surface area contributed by atoms with E-state index in [1.165, 1.54) is 6.92 Å². The molecule has 0 aliphatic carbocycles. The first-order valence-electron chi connectivity index (χ1n) is 2.54. The molecule has 0 bridgehead atoms. The van der Waals surface area contributed by atoms with Crippen molar-refractivity contribution in [3.8, 4) is 0 Å². The lowest BCUT2D eigenvalue weighted by molar-refractivity contribution is 0.0988. The molecule has 0 aromatic carbocycles. The van der Waals surface area contributed by atoms with Crippen LogP contribution in [0.4, 0.5) is 6.01 Å². The monoisotopic (exact) mass is 160 g/mol. The predicted octanol–water partition coefficient (Wildman–Crippen LogP) is 1.11. The van der Waals surface area contributed by atoms with Gasteiger partial charge in [-0.15, -0.1) is 0 Å². The van der Waals surface area contributed by atoms with E-state index in [1.807, 2.05) is 0 Å². The van der Waals surface area contributed by atoms with Gasteiger partial charge in [0.2, 0.25) is 5.76 Å². The second-order valence-corrected chi connectivity index (χ2v) is 2.09. The Kier molecular flexibility index (Phi) is 1.63. The van der Waals surface area contributed by atoms with Crippen molar-refractivity contribution in [1.29, 1.82) is 0 Å². The van der Waals surface area contributed by atoms with Crippen molar-refractivity contribution in [2.45, 2.75) is 6.92 Å². The number of oxazole rings is 1. The van der Waals surface area contributed by atoms with Crippen LogP contribution >= 0.6 is 11.6 Å². The highest BCUT2D eigenvalue weighted by molar-refractivity contribution is 6.32. The number of carbonyl (C=O) groups excluding carboxylic acids is 1. The Morgan fingerprint density at radius 1 is 1.80 bits per heavy atom. The third-order valence-electron chi connectivity index (χ3n) is 0.922. The van der Waals surface area contributed by atoms with Crippen molar-refractivity contribution in [2.24, 2.45) is 0 Å². The quantitative estimate of drug-likeness (QED) is 0.625. The normalized spacial score (nSPS) is 9.80. The second kappa shape index (κ2) is 2.30. The van der Waals surface area contributed by atoms with Gasteiger partial charge >= 0.3 is 0 Å². The first-order chi connectivity index (χ1) is 4.61. The zero-order chi connectivity index (χ0) is 7.72. The van der Waals surface area contributed by atoms with Gasteiger partial charge < -0.3 is 10.2 Å². The number of carbonyl (C=O) groups is 1. The summed E-state index contributed by atoms with van der Waals surface area (Å²) in [6, 6.07) is -0.0878. The number of nitrogens with zero attached hydrogens (tertiary/aromatic N) is 1. The molecule has 4 nitrogen and oxygen atoms in total. The molecule has 5 heteroatoms. The van der Waals surface area contributed by atoms with Gasteiger partial charge in [-0.2, -0.15) is 4.98 Å². The van der Waals surface area contributed by atoms with Crippen molar-refractivity contribution in [2.75, 3.05) is 5.73 Å². The number of hydrogen-bond donors (Lipinski definition) is 1. The van der Waals surface area contributed by atoms with Crippen LogP contribution in [0.2, 0.25) is 5.15 Å². The maximum Gasteiger partial charge on any atom is 0.294 e. The van der Waals surface area contributed by atoms with Crippen LogP contribution in [0.1, 0.15) is 17.5 Å². The van der Waals surface area contributed by atoms with Crippen molar-refractivity contribution in [3.05, 3.63) is 10.9 Å². The molecule has 0 spiro atoms. The molecule has 10 heavy (non-hydrogen) atoms. The Morgan fingerprint density at radius 3 is 2.60 bits per heavy atom. The summed E-state index contributed by atoms with van der Waals surface area (Å²) in [7, 11) is 0. The molecule has 0 aliphatic rings. The SMILES string of the molecule is CC(=O)c1oc(N)nc1Cl. The van der Waals surface area contributed by atoms with Crippen LogP contribution < -0.4 is 5.73 Å². The Labute approximate surface area is 62.0 Å². The number of aromatic nitrogens is 1. The number of ketones is 1. The van der Waals surface area contributed by atoms with Gasteiger partial charge in [0.15, 0.2) is 10.9 Å². The Balaban J connectivity index is 3.15. The lowest BCUT2D eigenvalue weighted by atomic mass is 10.4. The predicted molar refractivity (Wildman–Crippen MR) is 35.9 cm³/mol. The third-order valence-corrected chi connectivity index (χ3v) is 1.18. The van der Waals surface area contributed by atoms with Crippen molar-refractivity contribution in [3.63, 3.8) is 0 Å². The molecule has 1 heterocycles. The zero-order valence-corrected chi connectivity index (χ0v) is 5.97. The van der Waals surface area contributed by atoms with Crippen LogP contribution in [0, 0.1) is 0 Å². The molecule has 0 unspecified atom stereocenters. The van der Waals surface area contributed by atoms with Crippen LogP contribution in [-0.2, 0) is 0 Å². The van der Waals surface area contributed by atoms with Crippen LogP contribution in [0.15, 0.2) is 4.42 Å². The fourth-order valence-corrected chi connectivity index (χ4v) is 0.789. The number of halogens is 1. The van der Waals surface area contributed by atoms with Gasteiger partial charge in [-0.1, -0.05) is 11.6 Å². The van der Waals surface area contributed by atoms with Crippen LogP contribution in [0.3, 0.4) is 0 Å². The molecule has 0 saturated heterocycles. The Hall–Kier alpha value is -1.03. The van der Waals surface area contributed by atoms with Gasteiger partial charge in [-0.05, 0) is 0 Å². The molecule has 1 aromatic rings. The van der Waals surface area contributed by atoms with E-state index in [2.05, 4.69) is 9.40 Å². The van der Waals surface area contributed by atoms with E-state index >= 15 is 0 Å². The average molecular weight is 161 g/mol. The number of rotatable bonds is 1. The van der Waals surface area contributed by atoms with Gasteiger partial charge in [0, 0.05) is 6.92 Å². The first kappa shape index (κ1) is 7.08. The van der Waals surface area contributed by atoms with E-state index in [-0.39, 0.29) is 22.7 Å². The number of hydrogen-bond acceptors (Lipinski definition) is 4. The van der Waals surface area contributed by atoms with Crippen LogP contribution in [0.5, 0.6) is 0 Å². The topological polar surface area (TPSA) is 69.1 Å². The fraction of sp³-hybridized carbons (Fsp3) is 0.200. The molecule has 0 atom stereocenters. The lowest BCUT2D eigenvalue weighted by Gasteiger charge is -1.83. The van der Waals surface area contributed by atoms with Gasteiger partial charge in [0.05, 0.1) is 0 Å². The molecule has 54 valence electrons. The highest BCUT2D eigenvalue weighted by Gasteiger charge is 2.12. The van der Waals surface area contributed by atoms with Gasteiger partial charge in [0.1, 0.15) is 0 Å². The van der Waals surface area contributed by atoms with Crippen molar-refractivity contribution in [1.82, 2.24) is 4.98 Å². The molecule has 2 N–H and O–H groups in total. The molecule has 1 rings (SSSR count). The molecule has 1 aromatic heterocycles. The van der Waals surface area contributed by atoms with E-state index < -0.39 is 0 Å². The van der Waals surface area contributed by atoms with Gasteiger partial charge in [-0.25, -0.2) is 0 Å². The summed E-state index contributed by atoms with van der Waals surface area (Å²) >= 11 is 5.43. The van der Waals surface area contributed by atoms with Crippen molar-refractivity contribution < 1.29 is 9.21 Å². The maximum atomic E-state index is 10.6. The molecule has 0 aliphatic heterocycles. The molecular formula is C5H5ClN2O2. The van der Waals surface area contributed by atoms with E-state index in [0.717, 1.165) is 0 Å². The minimum absolute atomic E-state index is 0.0131. The zero-order valence-electron chi connectivity index (χ0n) is 5.22. The Bertz CT molecular complexity index is 269. The molecule has 0 fully saturated rings. The number of anilines is 1. The number of Topliss-reactive ketones (excluding diaryl/α,β-unsaturated/α-hetero) is 1. The van der Waals surface area contributed by atoms with E-state index in [1.54, 1.807) is 0 Å². The van der Waals surface area contributed by atoms with E-state index in [0.29, 0.717) is 0 Å². The highest BCUT2D eigenvalue weighted by atomic mass is 35.5. The van der Waals surface area contributed by atoms with E-state index in [9.17, 15) is 4.79 Å². The van der Waals surface area contributed by atoms with Gasteiger partial charge in [-0.3, -0.25) is 4.79 Å². The summed E-state index contributed by atoms with van der Waals surface area (Å²) in [6.07, 6.45) is 0. The summed E-state index contributed by atoms with van der Waals surface area (Å²) < 4.78 is 4.66. The smallest absolute Gasteiger partial charge is 0.294 e. The summed E-state index contributed by atoms with van der Waals surface area (Å²) in [4.78, 5) is 14.1. The third kappa shape index (κ3) is 1.11. The minimum atomic E-state index is -0.283. The summed E-state index contributed by atoms with van der Waals surface area (Å²) in [5, 5.41) is 0.0185. The summed E-state index contributed by atoms with van der Waals surface area (Å²) in [5.74, 6) is -0.270. The molecule has 0 radical (unpaired) electrons. The largest absolute Gasteiger partial charge is 0.419 e. The number of nitrogen functional groups attached to an aromatic ring is 1. The molecule has 0 amide bonds. The molecule has 0 saturated carbocycles. The molecular weight excluding hydrogens is 156 g/mol. The maximum absolute atomic E-state index is 10.6. The summed E-state index contributed by atoms with van der Waals surface area (Å²) in [6.45, 7) is 1.33. The Morgan fingerprint density at radius 2 is 2.40 bits per heavy atom. The van der Waals surface area contributed by atoms with Crippen LogP contribution in [0.25, 0.3) is 0 Å². The van der Waals surface area contributed by atoms with E-state index in [4.69, 9.17) is 17.3 Å². The van der Waals surface area contributed by atoms with Crippen molar-refractivity contribution >= 4 is 23.4 Å². The second-order valence-electron chi connectivity index (χ2n) is 1.73. The standard InChI is InChI=1S/C5H5ClN2O2/c1-2(9)3-4(6)8-5(7)10-3/h1H3,(H2,7,8). The first-order valence-corrected chi connectivity index (χ1v) is 2.92. The fourth-order valence-electron chi connectivity index (χ4n) is 0.534. The highest BCUT2D eigenvalue weighted by Crippen LogP contribution is 2.17. The minimum Gasteiger partial charge on any atom is -0.419 e. The number of nitrogens with two attached hydrogens (primary N) is 1. The summed E-state index contributed by atoms with van der Waals surface area (Å²) in [5.41, 5.74) is 5.10. The van der Waals surface area contributed by atoms with Gasteiger partial charge in [0.25, 0.3) is 6.01 Å². The average Bonchev–Trinajstić information content (AvgIpc) is 2.10. The van der Waals surface area contributed by atoms with Crippen LogP contribution in [-0.4, -0.2) is 10.8 Å².